The van der Waals surface area contributed by atoms with Crippen LogP contribution < -0.4 is 4.90 Å². The quantitative estimate of drug-likeness (QED) is 0.186. The van der Waals surface area contributed by atoms with Crippen molar-refractivity contribution in [1.29, 1.82) is 0 Å². The average Bonchev–Trinajstić information content (AvgIpc) is 3.88. The van der Waals surface area contributed by atoms with Crippen LogP contribution >= 0.6 is 22.7 Å². The van der Waals surface area contributed by atoms with Crippen LogP contribution in [0.1, 0.15) is 0 Å². The third-order valence-corrected chi connectivity index (χ3v) is 12.1. The van der Waals surface area contributed by atoms with Gasteiger partial charge in [-0.05, 0) is 65.4 Å². The molecule has 0 fully saturated rings. The van der Waals surface area contributed by atoms with Gasteiger partial charge in [0.15, 0.2) is 5.58 Å². The van der Waals surface area contributed by atoms with Gasteiger partial charge in [-0.15, -0.1) is 22.7 Å². The van der Waals surface area contributed by atoms with Gasteiger partial charge >= 0.3 is 0 Å². The van der Waals surface area contributed by atoms with E-state index in [1.54, 1.807) is 0 Å². The molecule has 0 aliphatic carbocycles. The summed E-state index contributed by atoms with van der Waals surface area (Å²) in [4.78, 5) is 7.57. The zero-order valence-corrected chi connectivity index (χ0v) is 28.3. The normalized spacial score (nSPS) is 12.0. The lowest BCUT2D eigenvalue weighted by molar-refractivity contribution is 0.620. The Kier molecular flexibility index (Phi) is 5.99. The third kappa shape index (κ3) is 4.18. The summed E-state index contributed by atoms with van der Waals surface area (Å²) in [5.74, 6) is 0.622. The first-order valence-corrected chi connectivity index (χ1v) is 18.3. The summed E-state index contributed by atoms with van der Waals surface area (Å²) in [6, 6.07) is 56.7. The molecule has 0 N–H and O–H groups in total. The fourth-order valence-electron chi connectivity index (χ4n) is 7.57. The lowest BCUT2D eigenvalue weighted by atomic mass is 10.0. The van der Waals surface area contributed by atoms with Gasteiger partial charge in [-0.1, -0.05) is 97.1 Å². The van der Waals surface area contributed by atoms with E-state index in [-0.39, 0.29) is 0 Å². The largest absolute Gasteiger partial charge is 0.436 e. The minimum atomic E-state index is 0.622. The summed E-state index contributed by atoms with van der Waals surface area (Å²) in [7, 11) is 0. The van der Waals surface area contributed by atoms with Crippen LogP contribution in [0.5, 0.6) is 0 Å². The summed E-state index contributed by atoms with van der Waals surface area (Å²) in [5.41, 5.74) is 5.88. The molecule has 8 aromatic carbocycles. The number of fused-ring (bicyclic) bond motifs is 10. The van der Waals surface area contributed by atoms with Gasteiger partial charge in [-0.3, -0.25) is 0 Å². The smallest absolute Gasteiger partial charge is 0.227 e. The summed E-state index contributed by atoms with van der Waals surface area (Å²) in [6.07, 6.45) is 0. The first kappa shape index (κ1) is 27.9. The highest BCUT2D eigenvalue weighted by atomic mass is 32.1. The van der Waals surface area contributed by atoms with Gasteiger partial charge in [0, 0.05) is 68.4 Å². The number of aromatic nitrogens is 1. The molecule has 0 amide bonds. The van der Waals surface area contributed by atoms with Crippen molar-refractivity contribution in [1.82, 2.24) is 4.98 Å². The molecule has 0 radical (unpaired) electrons. The molecule has 50 heavy (non-hydrogen) atoms. The molecule has 11 aromatic rings. The molecule has 0 saturated heterocycles. The van der Waals surface area contributed by atoms with Gasteiger partial charge in [-0.25, -0.2) is 4.98 Å². The highest BCUT2D eigenvalue weighted by molar-refractivity contribution is 7.26. The van der Waals surface area contributed by atoms with E-state index in [9.17, 15) is 0 Å². The third-order valence-electron chi connectivity index (χ3n) is 9.86. The molecule has 11 rings (SSSR count). The Bertz CT molecular complexity index is 3130. The lowest BCUT2D eigenvalue weighted by Crippen LogP contribution is -2.11. The van der Waals surface area contributed by atoms with E-state index < -0.39 is 0 Å². The van der Waals surface area contributed by atoms with Crippen LogP contribution in [0.15, 0.2) is 162 Å². The predicted molar refractivity (Wildman–Crippen MR) is 215 cm³/mol. The second-order valence-corrected chi connectivity index (χ2v) is 14.9. The number of oxazole rings is 1. The maximum Gasteiger partial charge on any atom is 0.227 e. The number of nitrogens with zero attached hydrogens (tertiary/aromatic N) is 2. The zero-order valence-electron chi connectivity index (χ0n) is 26.6. The van der Waals surface area contributed by atoms with E-state index in [1.807, 2.05) is 22.7 Å². The van der Waals surface area contributed by atoms with Crippen LogP contribution in [0.4, 0.5) is 17.1 Å². The van der Waals surface area contributed by atoms with Crippen LogP contribution in [-0.2, 0) is 0 Å². The molecule has 5 heteroatoms. The molecule has 3 heterocycles. The van der Waals surface area contributed by atoms with Crippen molar-refractivity contribution in [3.8, 4) is 11.5 Å². The van der Waals surface area contributed by atoms with E-state index in [1.165, 1.54) is 45.7 Å². The maximum atomic E-state index is 6.70. The number of hydrogen-bond acceptors (Lipinski definition) is 5. The second-order valence-electron chi connectivity index (χ2n) is 12.7. The van der Waals surface area contributed by atoms with E-state index in [4.69, 9.17) is 9.40 Å². The number of hydrogen-bond donors (Lipinski definition) is 0. The molecule has 0 aliphatic rings. The molecule has 0 unspecified atom stereocenters. The number of anilines is 3. The predicted octanol–water partition coefficient (Wildman–Crippen LogP) is 14.0. The minimum absolute atomic E-state index is 0.622. The molecule has 3 aromatic heterocycles. The summed E-state index contributed by atoms with van der Waals surface area (Å²) >= 11 is 3.69. The molecule has 0 atom stereocenters. The van der Waals surface area contributed by atoms with Crippen molar-refractivity contribution >= 4 is 113 Å². The van der Waals surface area contributed by atoms with Crippen LogP contribution in [-0.4, -0.2) is 4.98 Å². The Hall–Kier alpha value is -6.01. The van der Waals surface area contributed by atoms with Crippen LogP contribution in [0.2, 0.25) is 0 Å². The van der Waals surface area contributed by atoms with E-state index in [0.29, 0.717) is 5.89 Å². The summed E-state index contributed by atoms with van der Waals surface area (Å²) in [6.45, 7) is 0. The van der Waals surface area contributed by atoms with E-state index >= 15 is 0 Å². The number of benzene rings is 8. The molecule has 234 valence electrons. The highest BCUT2D eigenvalue weighted by Crippen LogP contribution is 2.49. The van der Waals surface area contributed by atoms with Crippen molar-refractivity contribution in [2.75, 3.05) is 4.90 Å². The molecule has 0 saturated carbocycles. The fourth-order valence-corrected chi connectivity index (χ4v) is 9.79. The topological polar surface area (TPSA) is 29.3 Å². The minimum Gasteiger partial charge on any atom is -0.436 e. The van der Waals surface area contributed by atoms with Gasteiger partial charge in [0.1, 0.15) is 5.52 Å². The fraction of sp³-hybridized carbons (Fsp3) is 0. The molecule has 3 nitrogen and oxygen atoms in total. The zero-order chi connectivity index (χ0) is 32.8. The standard InChI is InChI=1S/C45H26N2OS2/c1-2-11-28-24-29(21-20-27(28)10-1)45-46-44-33-14-4-3-12-31(33)37(26-38(44)48-45)47(30-22-23-41-35(25-30)32-13-5-7-17-39(32)49-41)36-16-9-19-42-43(36)34-15-6-8-18-40(34)50-42/h1-26H. The van der Waals surface area contributed by atoms with Crippen LogP contribution in [0, 0.1) is 0 Å². The average molecular weight is 675 g/mol. The first-order chi connectivity index (χ1) is 24.8. The molecular weight excluding hydrogens is 649 g/mol. The van der Waals surface area contributed by atoms with E-state index in [2.05, 4.69) is 163 Å². The SMILES string of the molecule is c1ccc2cc(-c3nc4c(cc(N(c5ccc6sc7ccccc7c6c5)c5cccc6sc7ccccc7c56)c5ccccc54)o3)ccc2c1. The molecule has 0 spiro atoms. The Labute approximate surface area is 294 Å². The van der Waals surface area contributed by atoms with Gasteiger partial charge in [0.05, 0.1) is 11.4 Å². The van der Waals surface area contributed by atoms with Gasteiger partial charge in [0.2, 0.25) is 5.89 Å². The van der Waals surface area contributed by atoms with E-state index in [0.717, 1.165) is 49.9 Å². The molecule has 0 bridgehead atoms. The lowest BCUT2D eigenvalue weighted by Gasteiger charge is -2.28. The number of rotatable bonds is 4. The Balaban J connectivity index is 1.22. The highest BCUT2D eigenvalue weighted by Gasteiger charge is 2.24. The van der Waals surface area contributed by atoms with Gasteiger partial charge in [-0.2, -0.15) is 0 Å². The van der Waals surface area contributed by atoms with Crippen molar-refractivity contribution in [3.05, 3.63) is 158 Å². The van der Waals surface area contributed by atoms with Crippen molar-refractivity contribution in [2.45, 2.75) is 0 Å². The van der Waals surface area contributed by atoms with Crippen molar-refractivity contribution in [2.24, 2.45) is 0 Å². The van der Waals surface area contributed by atoms with Crippen LogP contribution in [0.3, 0.4) is 0 Å². The Morgan fingerprint density at radius 3 is 2.02 bits per heavy atom. The maximum absolute atomic E-state index is 6.70. The second kappa shape index (κ2) is 10.7. The van der Waals surface area contributed by atoms with Gasteiger partial charge < -0.3 is 9.32 Å². The van der Waals surface area contributed by atoms with Crippen molar-refractivity contribution < 1.29 is 4.42 Å². The number of thiophene rings is 2. The molecule has 0 aliphatic heterocycles. The van der Waals surface area contributed by atoms with Crippen molar-refractivity contribution in [3.63, 3.8) is 0 Å². The summed E-state index contributed by atoms with van der Waals surface area (Å²) in [5, 5.41) is 9.59. The van der Waals surface area contributed by atoms with Gasteiger partial charge in [0.25, 0.3) is 0 Å². The summed E-state index contributed by atoms with van der Waals surface area (Å²) < 4.78 is 11.8. The monoisotopic (exact) mass is 674 g/mol. The first-order valence-electron chi connectivity index (χ1n) is 16.7. The Morgan fingerprint density at radius 1 is 0.460 bits per heavy atom. The Morgan fingerprint density at radius 2 is 1.14 bits per heavy atom. The van der Waals surface area contributed by atoms with Crippen LogP contribution in [0.25, 0.3) is 84.4 Å². The molecular formula is C45H26N2OS2.